The van der Waals surface area contributed by atoms with Gasteiger partial charge in [-0.3, -0.25) is 0 Å². The molecule has 48 heavy (non-hydrogen) atoms. The fourth-order valence-corrected chi connectivity index (χ4v) is 9.73. The molecule has 0 heterocycles. The maximum atomic E-state index is 2.73. The minimum Gasteiger partial charge on any atom is -0.0805 e. The van der Waals surface area contributed by atoms with E-state index >= 15 is 0 Å². The smallest absolute Gasteiger partial charge is 0.00701 e. The van der Waals surface area contributed by atoms with Gasteiger partial charge in [-0.2, -0.15) is 0 Å². The first kappa shape index (κ1) is 27.9. The Balaban J connectivity index is 1.21. The molecule has 0 fully saturated rings. The molecule has 6 aromatic rings. The van der Waals surface area contributed by atoms with Gasteiger partial charge >= 0.3 is 0 Å². The SMILES string of the molecule is C1=CC2CC(c3c4ccccc4cc4ccccc34)=C[C@@H]([C@@H]3C=C(c4c5ccccc5cc5ccccc45)CC4C=CC=CC43)C2C=C1. The third-order valence-electron chi connectivity index (χ3n) is 11.8. The van der Waals surface area contributed by atoms with E-state index in [0.717, 1.165) is 12.8 Å². The van der Waals surface area contributed by atoms with Crippen molar-refractivity contribution in [2.45, 2.75) is 12.8 Å². The second-order valence-corrected chi connectivity index (χ2v) is 14.4. The summed E-state index contributed by atoms with van der Waals surface area (Å²) < 4.78 is 0. The van der Waals surface area contributed by atoms with E-state index in [1.54, 1.807) is 0 Å². The van der Waals surface area contributed by atoms with Gasteiger partial charge in [0, 0.05) is 0 Å². The van der Waals surface area contributed by atoms with E-state index in [-0.39, 0.29) is 0 Å². The largest absolute Gasteiger partial charge is 0.0805 e. The summed E-state index contributed by atoms with van der Waals surface area (Å²) in [6.45, 7) is 0. The first-order valence-corrected chi connectivity index (χ1v) is 17.7. The summed E-state index contributed by atoms with van der Waals surface area (Å²) in [5.74, 6) is 2.69. The van der Waals surface area contributed by atoms with Gasteiger partial charge in [0.15, 0.2) is 0 Å². The lowest BCUT2D eigenvalue weighted by molar-refractivity contribution is 0.222. The van der Waals surface area contributed by atoms with E-state index in [1.807, 2.05) is 0 Å². The van der Waals surface area contributed by atoms with Crippen LogP contribution in [0.4, 0.5) is 0 Å². The molecule has 0 heteroatoms. The minimum atomic E-state index is 0.387. The van der Waals surface area contributed by atoms with Crippen molar-refractivity contribution >= 4 is 54.2 Å². The van der Waals surface area contributed by atoms with Crippen molar-refractivity contribution in [3.63, 3.8) is 0 Å². The van der Waals surface area contributed by atoms with Crippen LogP contribution in [-0.2, 0) is 0 Å². The van der Waals surface area contributed by atoms with Gasteiger partial charge < -0.3 is 0 Å². The van der Waals surface area contributed by atoms with Crippen LogP contribution < -0.4 is 0 Å². The minimum absolute atomic E-state index is 0.387. The average Bonchev–Trinajstić information content (AvgIpc) is 3.15. The molecule has 0 radical (unpaired) electrons. The molecule has 0 N–H and O–H groups in total. The number of allylic oxidation sites excluding steroid dienone is 12. The third kappa shape index (κ3) is 4.43. The van der Waals surface area contributed by atoms with Crippen LogP contribution in [0.1, 0.15) is 24.0 Å². The van der Waals surface area contributed by atoms with Gasteiger partial charge in [-0.15, -0.1) is 0 Å². The molecule has 0 nitrogen and oxygen atoms in total. The highest BCUT2D eigenvalue weighted by Gasteiger charge is 2.42. The van der Waals surface area contributed by atoms with Crippen LogP contribution >= 0.6 is 0 Å². The van der Waals surface area contributed by atoms with E-state index in [2.05, 4.69) is 170 Å². The molecule has 0 saturated heterocycles. The van der Waals surface area contributed by atoms with Crippen LogP contribution in [-0.4, -0.2) is 0 Å². The third-order valence-corrected chi connectivity index (χ3v) is 11.8. The summed E-state index contributed by atoms with van der Waals surface area (Å²) in [7, 11) is 0. The highest BCUT2D eigenvalue weighted by molar-refractivity contribution is 6.10. The molecule has 6 aromatic carbocycles. The number of hydrogen-bond donors (Lipinski definition) is 0. The molecule has 0 saturated carbocycles. The zero-order valence-electron chi connectivity index (χ0n) is 27.0. The highest BCUT2D eigenvalue weighted by Crippen LogP contribution is 2.53. The van der Waals surface area contributed by atoms with Crippen molar-refractivity contribution in [3.8, 4) is 0 Å². The Kier molecular flexibility index (Phi) is 6.51. The second-order valence-electron chi connectivity index (χ2n) is 14.4. The molecular weight excluding hydrogens is 577 g/mol. The van der Waals surface area contributed by atoms with Crippen molar-refractivity contribution in [2.24, 2.45) is 35.5 Å². The average molecular weight is 615 g/mol. The van der Waals surface area contributed by atoms with Crippen LogP contribution in [0, 0.1) is 35.5 Å². The maximum absolute atomic E-state index is 2.73. The topological polar surface area (TPSA) is 0 Å². The van der Waals surface area contributed by atoms with Gasteiger partial charge in [0.1, 0.15) is 0 Å². The van der Waals surface area contributed by atoms with Crippen LogP contribution in [0.3, 0.4) is 0 Å². The Morgan fingerprint density at radius 1 is 0.354 bits per heavy atom. The molecule has 230 valence electrons. The summed E-state index contributed by atoms with van der Waals surface area (Å²) in [5.41, 5.74) is 5.89. The first-order chi connectivity index (χ1) is 23.8. The standard InChI is InChI=1S/C48H38/c1-7-19-39-31(13-1)27-37(47-41-21-9-3-15-33(41)25-34-16-4-10-22-42(34)47)29-45(39)46-30-38(28-32-14-2-8-20-40(32)46)48-43-23-11-5-17-35(43)26-36-18-6-12-24-44(36)48/h1-26,29-32,39-40,45-46H,27-28H2/t31?,32?,39?,40?,45-,46-/m1/s1. The van der Waals surface area contributed by atoms with Gasteiger partial charge in [-0.1, -0.05) is 158 Å². The number of benzene rings is 6. The lowest BCUT2D eigenvalue weighted by atomic mass is 9.59. The van der Waals surface area contributed by atoms with E-state index in [9.17, 15) is 0 Å². The number of hydrogen-bond acceptors (Lipinski definition) is 0. The Bertz CT molecular complexity index is 2160. The Morgan fingerprint density at radius 2 is 0.688 bits per heavy atom. The normalized spacial score (nSPS) is 26.1. The van der Waals surface area contributed by atoms with Crippen molar-refractivity contribution in [1.82, 2.24) is 0 Å². The zero-order chi connectivity index (χ0) is 31.6. The van der Waals surface area contributed by atoms with Gasteiger partial charge in [-0.25, -0.2) is 0 Å². The Hall–Kier alpha value is -5.20. The van der Waals surface area contributed by atoms with Crippen molar-refractivity contribution in [3.05, 3.63) is 181 Å². The van der Waals surface area contributed by atoms with Crippen molar-refractivity contribution in [2.75, 3.05) is 0 Å². The zero-order valence-corrected chi connectivity index (χ0v) is 27.0. The fourth-order valence-electron chi connectivity index (χ4n) is 9.73. The molecule has 0 spiro atoms. The molecule has 0 bridgehead atoms. The quantitative estimate of drug-likeness (QED) is 0.174. The monoisotopic (exact) mass is 614 g/mol. The lowest BCUT2D eigenvalue weighted by Gasteiger charge is -2.45. The molecule has 0 aromatic heterocycles. The molecule has 10 rings (SSSR count). The molecule has 4 unspecified atom stereocenters. The summed E-state index contributed by atoms with van der Waals surface area (Å²) in [5, 5.41) is 10.8. The Morgan fingerprint density at radius 3 is 1.06 bits per heavy atom. The molecule has 6 atom stereocenters. The second kappa shape index (κ2) is 11.2. The molecule has 0 amide bonds. The van der Waals surface area contributed by atoms with E-state index in [0.29, 0.717) is 35.5 Å². The summed E-state index contributed by atoms with van der Waals surface area (Å²) in [6, 6.07) is 40.8. The molecule has 4 aliphatic rings. The molecule has 0 aliphatic heterocycles. The maximum Gasteiger partial charge on any atom is -0.00701 e. The predicted molar refractivity (Wildman–Crippen MR) is 206 cm³/mol. The highest BCUT2D eigenvalue weighted by atomic mass is 14.5. The van der Waals surface area contributed by atoms with E-state index in [1.165, 1.54) is 65.4 Å². The van der Waals surface area contributed by atoms with Gasteiger partial charge in [0.25, 0.3) is 0 Å². The van der Waals surface area contributed by atoms with E-state index in [4.69, 9.17) is 0 Å². The Labute approximate surface area is 282 Å². The van der Waals surface area contributed by atoms with Crippen LogP contribution in [0.5, 0.6) is 0 Å². The summed E-state index contributed by atoms with van der Waals surface area (Å²) in [6.07, 6.45) is 26.8. The van der Waals surface area contributed by atoms with Crippen LogP contribution in [0.2, 0.25) is 0 Å². The summed E-state index contributed by atoms with van der Waals surface area (Å²) in [4.78, 5) is 0. The van der Waals surface area contributed by atoms with Crippen molar-refractivity contribution in [1.29, 1.82) is 0 Å². The number of fused-ring (bicyclic) bond motifs is 6. The van der Waals surface area contributed by atoms with Crippen LogP contribution in [0.15, 0.2) is 170 Å². The van der Waals surface area contributed by atoms with E-state index < -0.39 is 0 Å². The van der Waals surface area contributed by atoms with Crippen LogP contribution in [0.25, 0.3) is 54.2 Å². The van der Waals surface area contributed by atoms with Gasteiger partial charge in [0.2, 0.25) is 0 Å². The predicted octanol–water partition coefficient (Wildman–Crippen LogP) is 12.5. The number of rotatable bonds is 3. The fraction of sp³-hybridized carbons (Fsp3) is 0.167. The van der Waals surface area contributed by atoms with Crippen molar-refractivity contribution < 1.29 is 0 Å². The van der Waals surface area contributed by atoms with Gasteiger partial charge in [0.05, 0.1) is 0 Å². The lowest BCUT2D eigenvalue weighted by Crippen LogP contribution is -2.37. The van der Waals surface area contributed by atoms with Gasteiger partial charge in [-0.05, 0) is 126 Å². The first-order valence-electron chi connectivity index (χ1n) is 17.7. The molecule has 4 aliphatic carbocycles. The summed E-state index contributed by atoms with van der Waals surface area (Å²) >= 11 is 0. The molecular formula is C48H38.